The normalized spacial score (nSPS) is 13.9. The van der Waals surface area contributed by atoms with Crippen LogP contribution in [0.3, 0.4) is 0 Å². The van der Waals surface area contributed by atoms with E-state index in [4.69, 9.17) is 18.9 Å². The van der Waals surface area contributed by atoms with Crippen LogP contribution in [0, 0.1) is 0 Å². The van der Waals surface area contributed by atoms with Crippen molar-refractivity contribution in [3.05, 3.63) is 59.3 Å². The molecular formula is C23H19BrO6. The van der Waals surface area contributed by atoms with Crippen molar-refractivity contribution < 1.29 is 29.2 Å². The Morgan fingerprint density at radius 3 is 2.33 bits per heavy atom. The van der Waals surface area contributed by atoms with E-state index in [9.17, 15) is 10.2 Å². The topological polar surface area (TPSA) is 77.4 Å². The molecule has 0 radical (unpaired) electrons. The smallest absolute Gasteiger partial charge is 0.170 e. The Hall–Kier alpha value is -3.32. The lowest BCUT2D eigenvalue weighted by Gasteiger charge is -2.22. The van der Waals surface area contributed by atoms with E-state index in [0.29, 0.717) is 52.1 Å². The van der Waals surface area contributed by atoms with Crippen molar-refractivity contribution in [1.29, 1.82) is 0 Å². The van der Waals surface area contributed by atoms with Gasteiger partial charge in [0.05, 0.1) is 19.8 Å². The Labute approximate surface area is 182 Å². The number of halogens is 1. The summed E-state index contributed by atoms with van der Waals surface area (Å²) in [7, 11) is 3.03. The monoisotopic (exact) mass is 470 g/mol. The largest absolute Gasteiger partial charge is 0.508 e. The zero-order valence-electron chi connectivity index (χ0n) is 16.3. The molecule has 0 aromatic heterocycles. The molecule has 1 heterocycles. The van der Waals surface area contributed by atoms with Gasteiger partial charge in [-0.3, -0.25) is 0 Å². The second kappa shape index (κ2) is 8.20. The molecule has 0 fully saturated rings. The summed E-state index contributed by atoms with van der Waals surface area (Å²) in [6.07, 6.45) is 0. The zero-order chi connectivity index (χ0) is 21.3. The summed E-state index contributed by atoms with van der Waals surface area (Å²) in [6, 6.07) is 13.8. The van der Waals surface area contributed by atoms with Crippen molar-refractivity contribution in [2.45, 2.75) is 0 Å². The molecule has 1 aliphatic rings. The fraction of sp³-hybridized carbons (Fsp3) is 0.130. The van der Waals surface area contributed by atoms with Gasteiger partial charge in [-0.25, -0.2) is 0 Å². The molecule has 0 amide bonds. The van der Waals surface area contributed by atoms with Crippen LogP contribution in [0.1, 0.15) is 0 Å². The van der Waals surface area contributed by atoms with Crippen molar-refractivity contribution in [3.63, 3.8) is 0 Å². The molecule has 0 saturated heterocycles. The van der Waals surface area contributed by atoms with E-state index in [0.717, 1.165) is 5.56 Å². The maximum absolute atomic E-state index is 11.1. The predicted octanol–water partition coefficient (Wildman–Crippen LogP) is 5.46. The SMILES string of the molecule is COc1cc(-c2ccc(O)cc2)c(OC)c(O)c1-c1ccc2c(c1)OC(=CBr)CO2. The van der Waals surface area contributed by atoms with Gasteiger partial charge in [0.1, 0.15) is 23.9 Å². The predicted molar refractivity (Wildman–Crippen MR) is 117 cm³/mol. The second-order valence-electron chi connectivity index (χ2n) is 6.56. The highest BCUT2D eigenvalue weighted by Gasteiger charge is 2.24. The van der Waals surface area contributed by atoms with E-state index in [1.807, 2.05) is 6.07 Å². The lowest BCUT2D eigenvalue weighted by atomic mass is 9.96. The van der Waals surface area contributed by atoms with Gasteiger partial charge < -0.3 is 29.2 Å². The minimum Gasteiger partial charge on any atom is -0.508 e. The molecule has 0 bridgehead atoms. The van der Waals surface area contributed by atoms with E-state index in [-0.39, 0.29) is 11.5 Å². The van der Waals surface area contributed by atoms with Gasteiger partial charge in [0, 0.05) is 10.5 Å². The highest BCUT2D eigenvalue weighted by atomic mass is 79.9. The molecule has 0 unspecified atom stereocenters. The molecule has 3 aromatic rings. The zero-order valence-corrected chi connectivity index (χ0v) is 17.9. The van der Waals surface area contributed by atoms with E-state index < -0.39 is 0 Å². The number of ether oxygens (including phenoxy) is 4. The Bertz CT molecular complexity index is 1120. The Kier molecular flexibility index (Phi) is 5.46. The summed E-state index contributed by atoms with van der Waals surface area (Å²) in [6.45, 7) is 0.335. The number of benzene rings is 3. The van der Waals surface area contributed by atoms with Gasteiger partial charge in [-0.15, -0.1) is 0 Å². The minimum atomic E-state index is -0.0622. The van der Waals surface area contributed by atoms with Gasteiger partial charge in [-0.2, -0.15) is 0 Å². The number of phenolic OH excluding ortho intramolecular Hbond substituents is 2. The number of aromatic hydroxyl groups is 2. The summed E-state index contributed by atoms with van der Waals surface area (Å²) in [5.41, 5.74) is 2.55. The number of hydrogen-bond donors (Lipinski definition) is 2. The van der Waals surface area contributed by atoms with Crippen molar-refractivity contribution in [3.8, 4) is 56.8 Å². The molecule has 2 N–H and O–H groups in total. The molecule has 0 atom stereocenters. The number of fused-ring (bicyclic) bond motifs is 1. The number of hydrogen-bond acceptors (Lipinski definition) is 6. The first-order valence-electron chi connectivity index (χ1n) is 9.07. The number of methoxy groups -OCH3 is 2. The Balaban J connectivity index is 1.88. The molecule has 3 aromatic carbocycles. The lowest BCUT2D eigenvalue weighted by Crippen LogP contribution is -2.13. The van der Waals surface area contributed by atoms with Crippen molar-refractivity contribution in [2.24, 2.45) is 0 Å². The van der Waals surface area contributed by atoms with Crippen LogP contribution in [0.2, 0.25) is 0 Å². The quantitative estimate of drug-likeness (QED) is 0.527. The van der Waals surface area contributed by atoms with Gasteiger partial charge in [0.2, 0.25) is 0 Å². The Morgan fingerprint density at radius 1 is 0.933 bits per heavy atom. The van der Waals surface area contributed by atoms with E-state index in [1.54, 1.807) is 47.4 Å². The van der Waals surface area contributed by atoms with Crippen LogP contribution in [0.25, 0.3) is 22.3 Å². The van der Waals surface area contributed by atoms with Crippen LogP contribution in [0.15, 0.2) is 59.3 Å². The van der Waals surface area contributed by atoms with Crippen molar-refractivity contribution in [1.82, 2.24) is 0 Å². The van der Waals surface area contributed by atoms with E-state index in [1.165, 1.54) is 14.2 Å². The number of rotatable bonds is 4. The fourth-order valence-corrected chi connectivity index (χ4v) is 3.59. The minimum absolute atomic E-state index is 0.0622. The summed E-state index contributed by atoms with van der Waals surface area (Å²) >= 11 is 3.25. The molecule has 6 nitrogen and oxygen atoms in total. The first-order valence-corrected chi connectivity index (χ1v) is 9.99. The fourth-order valence-electron chi connectivity index (χ4n) is 3.36. The van der Waals surface area contributed by atoms with Crippen LogP contribution in [-0.4, -0.2) is 31.0 Å². The van der Waals surface area contributed by atoms with Crippen LogP contribution in [0.5, 0.6) is 34.5 Å². The standard InChI is InChI=1S/C23H19BrO6/c1-27-20-10-17(13-3-6-15(25)7-4-13)23(28-2)22(26)21(20)14-5-8-18-19(9-14)30-16(11-24)12-29-18/h3-11,25-26H,12H2,1-2H3. The average molecular weight is 471 g/mol. The lowest BCUT2D eigenvalue weighted by molar-refractivity contribution is 0.233. The molecule has 30 heavy (non-hydrogen) atoms. The molecule has 0 aliphatic carbocycles. The van der Waals surface area contributed by atoms with Crippen molar-refractivity contribution >= 4 is 15.9 Å². The van der Waals surface area contributed by atoms with E-state index >= 15 is 0 Å². The molecule has 1 aliphatic heterocycles. The van der Waals surface area contributed by atoms with Crippen LogP contribution in [0.4, 0.5) is 0 Å². The first-order chi connectivity index (χ1) is 14.5. The maximum Gasteiger partial charge on any atom is 0.170 e. The third-order valence-corrected chi connectivity index (χ3v) is 5.30. The molecular weight excluding hydrogens is 452 g/mol. The molecule has 154 valence electrons. The molecule has 0 saturated carbocycles. The van der Waals surface area contributed by atoms with Crippen molar-refractivity contribution in [2.75, 3.05) is 20.8 Å². The molecule has 7 heteroatoms. The van der Waals surface area contributed by atoms with Gasteiger partial charge >= 0.3 is 0 Å². The summed E-state index contributed by atoms with van der Waals surface area (Å²) in [4.78, 5) is 1.66. The van der Waals surface area contributed by atoms with Gasteiger partial charge in [-0.05, 0) is 41.5 Å². The third-order valence-electron chi connectivity index (χ3n) is 4.79. The number of phenols is 2. The third kappa shape index (κ3) is 3.52. The van der Waals surface area contributed by atoms with Crippen LogP contribution < -0.4 is 18.9 Å². The second-order valence-corrected chi connectivity index (χ2v) is 7.02. The highest BCUT2D eigenvalue weighted by Crippen LogP contribution is 2.50. The van der Waals surface area contributed by atoms with Crippen LogP contribution in [-0.2, 0) is 0 Å². The summed E-state index contributed by atoms with van der Waals surface area (Å²) < 4.78 is 22.6. The molecule has 0 spiro atoms. The highest BCUT2D eigenvalue weighted by molar-refractivity contribution is 9.11. The summed E-state index contributed by atoms with van der Waals surface area (Å²) in [5.74, 6) is 2.63. The Morgan fingerprint density at radius 2 is 1.67 bits per heavy atom. The molecule has 4 rings (SSSR count). The van der Waals surface area contributed by atoms with Gasteiger partial charge in [0.25, 0.3) is 0 Å². The maximum atomic E-state index is 11.1. The van der Waals surface area contributed by atoms with Gasteiger partial charge in [-0.1, -0.05) is 34.1 Å². The van der Waals surface area contributed by atoms with Gasteiger partial charge in [0.15, 0.2) is 23.0 Å². The van der Waals surface area contributed by atoms with Crippen LogP contribution >= 0.6 is 15.9 Å². The summed E-state index contributed by atoms with van der Waals surface area (Å²) in [5, 5.41) is 20.7. The first kappa shape index (κ1) is 20.0. The van der Waals surface area contributed by atoms with E-state index in [2.05, 4.69) is 15.9 Å². The average Bonchev–Trinajstić information content (AvgIpc) is 2.78.